The molecular formula is C25H23N3O4S. The molecule has 168 valence electrons. The summed E-state index contributed by atoms with van der Waals surface area (Å²) in [6.07, 6.45) is 1.41. The number of hydrogen-bond acceptors (Lipinski definition) is 6. The molecule has 2 aromatic heterocycles. The first kappa shape index (κ1) is 22.4. The van der Waals surface area contributed by atoms with Crippen molar-refractivity contribution in [2.24, 2.45) is 0 Å². The summed E-state index contributed by atoms with van der Waals surface area (Å²) in [4.78, 5) is 43.0. The number of anilines is 1. The molecule has 8 heteroatoms. The third kappa shape index (κ3) is 4.56. The smallest absolute Gasteiger partial charge is 0.338 e. The van der Waals surface area contributed by atoms with E-state index in [0.717, 1.165) is 16.7 Å². The van der Waals surface area contributed by atoms with Crippen LogP contribution in [-0.4, -0.2) is 28.0 Å². The van der Waals surface area contributed by atoms with Crippen molar-refractivity contribution in [2.75, 3.05) is 11.9 Å². The van der Waals surface area contributed by atoms with Gasteiger partial charge in [0.2, 0.25) is 5.91 Å². The van der Waals surface area contributed by atoms with Crippen LogP contribution >= 0.6 is 11.3 Å². The Labute approximate surface area is 194 Å². The molecule has 0 bridgehead atoms. The lowest BCUT2D eigenvalue weighted by atomic mass is 10.0. The largest absolute Gasteiger partial charge is 0.462 e. The van der Waals surface area contributed by atoms with Crippen LogP contribution in [0.1, 0.15) is 35.8 Å². The van der Waals surface area contributed by atoms with E-state index in [1.807, 2.05) is 36.6 Å². The van der Waals surface area contributed by atoms with Gasteiger partial charge >= 0.3 is 5.97 Å². The highest BCUT2D eigenvalue weighted by atomic mass is 32.1. The third-order valence-corrected chi connectivity index (χ3v) is 6.23. The zero-order valence-electron chi connectivity index (χ0n) is 18.5. The minimum atomic E-state index is -0.787. The molecule has 1 atom stereocenters. The maximum absolute atomic E-state index is 13.3. The lowest BCUT2D eigenvalue weighted by Crippen LogP contribution is -2.31. The molecule has 0 aliphatic carbocycles. The lowest BCUT2D eigenvalue weighted by Gasteiger charge is -2.15. The van der Waals surface area contributed by atoms with E-state index < -0.39 is 12.0 Å². The summed E-state index contributed by atoms with van der Waals surface area (Å²) in [5.74, 6) is -0.788. The number of nitrogens with one attached hydrogen (secondary N) is 1. The van der Waals surface area contributed by atoms with Gasteiger partial charge in [0.25, 0.3) is 5.56 Å². The molecule has 7 nitrogen and oxygen atoms in total. The van der Waals surface area contributed by atoms with E-state index in [4.69, 9.17) is 4.74 Å². The second-order valence-corrected chi connectivity index (χ2v) is 8.47. The summed E-state index contributed by atoms with van der Waals surface area (Å²) in [6, 6.07) is 13.6. The van der Waals surface area contributed by atoms with Gasteiger partial charge in [-0.25, -0.2) is 9.78 Å². The molecular weight excluding hydrogens is 438 g/mol. The first-order chi connectivity index (χ1) is 15.9. The van der Waals surface area contributed by atoms with Gasteiger partial charge in [0.05, 0.1) is 23.9 Å². The maximum Gasteiger partial charge on any atom is 0.338 e. The van der Waals surface area contributed by atoms with Crippen molar-refractivity contribution < 1.29 is 14.3 Å². The number of aromatic nitrogens is 2. The highest BCUT2D eigenvalue weighted by Gasteiger charge is 2.20. The summed E-state index contributed by atoms with van der Waals surface area (Å²) in [5, 5.41) is 5.21. The van der Waals surface area contributed by atoms with Gasteiger partial charge in [0.1, 0.15) is 10.9 Å². The van der Waals surface area contributed by atoms with Crippen molar-refractivity contribution in [3.8, 4) is 11.1 Å². The number of nitrogens with zero attached hydrogens (tertiary/aromatic N) is 2. The van der Waals surface area contributed by atoms with Crippen molar-refractivity contribution in [3.05, 3.63) is 81.7 Å². The van der Waals surface area contributed by atoms with Gasteiger partial charge in [-0.3, -0.25) is 14.2 Å². The molecule has 4 aromatic rings. The van der Waals surface area contributed by atoms with Crippen LogP contribution in [0.15, 0.2) is 65.0 Å². The van der Waals surface area contributed by atoms with Crippen LogP contribution in [0, 0.1) is 6.92 Å². The molecule has 0 saturated heterocycles. The zero-order chi connectivity index (χ0) is 23.5. The van der Waals surface area contributed by atoms with Crippen LogP contribution < -0.4 is 10.9 Å². The highest BCUT2D eigenvalue weighted by molar-refractivity contribution is 7.17. The number of rotatable bonds is 6. The van der Waals surface area contributed by atoms with Crippen molar-refractivity contribution in [1.82, 2.24) is 9.55 Å². The minimum absolute atomic E-state index is 0.267. The van der Waals surface area contributed by atoms with E-state index in [1.165, 1.54) is 22.2 Å². The fraction of sp³-hybridized carbons (Fsp3) is 0.200. The lowest BCUT2D eigenvalue weighted by molar-refractivity contribution is -0.118. The summed E-state index contributed by atoms with van der Waals surface area (Å²) < 4.78 is 6.31. The van der Waals surface area contributed by atoms with Gasteiger partial charge in [-0.05, 0) is 50.6 Å². The standard InChI is InChI=1S/C25H23N3O4S/c1-4-32-25(31)18-9-11-19(12-10-18)27-22(29)16(3)28-14-26-23-21(24(28)30)20(13-33-23)17-7-5-15(2)6-8-17/h5-14,16H,4H2,1-3H3,(H,27,29). The number of thiophene rings is 1. The van der Waals surface area contributed by atoms with E-state index in [1.54, 1.807) is 38.1 Å². The van der Waals surface area contributed by atoms with Gasteiger partial charge < -0.3 is 10.1 Å². The second-order valence-electron chi connectivity index (χ2n) is 7.62. The number of amides is 1. The number of benzene rings is 2. The predicted molar refractivity (Wildman–Crippen MR) is 130 cm³/mol. The van der Waals surface area contributed by atoms with Crippen LogP contribution in [0.25, 0.3) is 21.3 Å². The van der Waals surface area contributed by atoms with Gasteiger partial charge in [0.15, 0.2) is 0 Å². The molecule has 0 aliphatic heterocycles. The van der Waals surface area contributed by atoms with E-state index in [0.29, 0.717) is 21.5 Å². The molecule has 0 saturated carbocycles. The fourth-order valence-corrected chi connectivity index (χ4v) is 4.35. The number of hydrogen-bond donors (Lipinski definition) is 1. The van der Waals surface area contributed by atoms with Crippen molar-refractivity contribution >= 4 is 39.1 Å². The number of carbonyl (C=O) groups excluding carboxylic acids is 2. The topological polar surface area (TPSA) is 90.3 Å². The Bertz CT molecular complexity index is 1370. The van der Waals surface area contributed by atoms with E-state index in [2.05, 4.69) is 10.3 Å². The van der Waals surface area contributed by atoms with E-state index in [9.17, 15) is 14.4 Å². The number of fused-ring (bicyclic) bond motifs is 1. The Balaban J connectivity index is 1.59. The fourth-order valence-electron chi connectivity index (χ4n) is 3.44. The average molecular weight is 462 g/mol. The quantitative estimate of drug-likeness (QED) is 0.416. The molecule has 0 fully saturated rings. The Morgan fingerprint density at radius 3 is 2.48 bits per heavy atom. The molecule has 2 heterocycles. The monoisotopic (exact) mass is 461 g/mol. The number of esters is 1. The van der Waals surface area contributed by atoms with Crippen molar-refractivity contribution in [3.63, 3.8) is 0 Å². The SMILES string of the molecule is CCOC(=O)c1ccc(NC(=O)C(C)n2cnc3scc(-c4ccc(C)cc4)c3c2=O)cc1. The number of aryl methyl sites for hydroxylation is 1. The summed E-state index contributed by atoms with van der Waals surface area (Å²) in [7, 11) is 0. The van der Waals surface area contributed by atoms with Gasteiger partial charge in [-0.15, -0.1) is 11.3 Å². The minimum Gasteiger partial charge on any atom is -0.462 e. The van der Waals surface area contributed by atoms with Crippen LogP contribution in [0.5, 0.6) is 0 Å². The van der Waals surface area contributed by atoms with Gasteiger partial charge in [-0.2, -0.15) is 0 Å². The Morgan fingerprint density at radius 1 is 1.12 bits per heavy atom. The average Bonchev–Trinajstić information content (AvgIpc) is 3.25. The van der Waals surface area contributed by atoms with Crippen LogP contribution in [0.4, 0.5) is 5.69 Å². The molecule has 0 aliphatic rings. The molecule has 0 spiro atoms. The first-order valence-electron chi connectivity index (χ1n) is 10.5. The Morgan fingerprint density at radius 2 is 1.82 bits per heavy atom. The molecule has 1 N–H and O–H groups in total. The third-order valence-electron chi connectivity index (χ3n) is 5.34. The molecule has 2 aromatic carbocycles. The maximum atomic E-state index is 13.3. The summed E-state index contributed by atoms with van der Waals surface area (Å²) in [6.45, 7) is 5.68. The van der Waals surface area contributed by atoms with Crippen LogP contribution in [-0.2, 0) is 9.53 Å². The van der Waals surface area contributed by atoms with E-state index in [-0.39, 0.29) is 18.1 Å². The van der Waals surface area contributed by atoms with Crippen molar-refractivity contribution in [1.29, 1.82) is 0 Å². The predicted octanol–water partition coefficient (Wildman–Crippen LogP) is 4.81. The Kier molecular flexibility index (Phi) is 6.37. The van der Waals surface area contributed by atoms with Crippen LogP contribution in [0.2, 0.25) is 0 Å². The Hall–Kier alpha value is -3.78. The summed E-state index contributed by atoms with van der Waals surface area (Å²) >= 11 is 1.40. The normalized spacial score (nSPS) is 11.8. The molecule has 1 unspecified atom stereocenters. The second kappa shape index (κ2) is 9.38. The molecule has 33 heavy (non-hydrogen) atoms. The van der Waals surface area contributed by atoms with Crippen molar-refractivity contribution in [2.45, 2.75) is 26.8 Å². The van der Waals surface area contributed by atoms with E-state index >= 15 is 0 Å². The first-order valence-corrected chi connectivity index (χ1v) is 11.4. The highest BCUT2D eigenvalue weighted by Crippen LogP contribution is 2.31. The molecule has 1 amide bonds. The zero-order valence-corrected chi connectivity index (χ0v) is 19.3. The van der Waals surface area contributed by atoms with Gasteiger partial charge in [0, 0.05) is 16.6 Å². The summed E-state index contributed by atoms with van der Waals surface area (Å²) in [5.41, 5.74) is 3.52. The van der Waals surface area contributed by atoms with Gasteiger partial charge in [-0.1, -0.05) is 29.8 Å². The number of carbonyl (C=O) groups is 2. The van der Waals surface area contributed by atoms with Crippen LogP contribution in [0.3, 0.4) is 0 Å². The molecule has 4 rings (SSSR count). The number of ether oxygens (including phenoxy) is 1. The molecule has 0 radical (unpaired) electrons.